The molecule has 0 spiro atoms. The molecule has 0 aliphatic carbocycles. The lowest BCUT2D eigenvalue weighted by molar-refractivity contribution is 0.872. The molecular formula is C14H18N4S. The minimum absolute atomic E-state index is 0.478. The predicted molar refractivity (Wildman–Crippen MR) is 77.2 cm³/mol. The van der Waals surface area contributed by atoms with Gasteiger partial charge in [-0.3, -0.25) is 0 Å². The average Bonchev–Trinajstić information content (AvgIpc) is 2.36. The van der Waals surface area contributed by atoms with Crippen molar-refractivity contribution in [3.05, 3.63) is 40.3 Å². The van der Waals surface area contributed by atoms with Crippen LogP contribution in [-0.2, 0) is 6.54 Å². The first-order valence-corrected chi connectivity index (χ1v) is 6.98. The summed E-state index contributed by atoms with van der Waals surface area (Å²) in [5.41, 5.74) is 11.2. The predicted octanol–water partition coefficient (Wildman–Crippen LogP) is 2.72. The SMILES string of the molecule is Cc1ccnc(Sc2nc(C)c(C)c(C)n2)c1CN. The van der Waals surface area contributed by atoms with E-state index in [1.807, 2.05) is 33.8 Å². The number of hydrogen-bond acceptors (Lipinski definition) is 5. The Balaban J connectivity index is 2.39. The molecule has 0 saturated heterocycles. The molecule has 2 rings (SSSR count). The molecule has 0 aromatic carbocycles. The van der Waals surface area contributed by atoms with Crippen molar-refractivity contribution in [2.75, 3.05) is 0 Å². The second-order valence-electron chi connectivity index (χ2n) is 4.52. The zero-order chi connectivity index (χ0) is 14.0. The third-order valence-corrected chi connectivity index (χ3v) is 4.16. The minimum Gasteiger partial charge on any atom is -0.326 e. The van der Waals surface area contributed by atoms with Crippen LogP contribution in [-0.4, -0.2) is 15.0 Å². The van der Waals surface area contributed by atoms with Gasteiger partial charge in [-0.25, -0.2) is 15.0 Å². The lowest BCUT2D eigenvalue weighted by Gasteiger charge is -2.10. The summed E-state index contributed by atoms with van der Waals surface area (Å²) >= 11 is 1.48. The van der Waals surface area contributed by atoms with Gasteiger partial charge in [0.2, 0.25) is 0 Å². The number of nitrogens with two attached hydrogens (primary N) is 1. The third kappa shape index (κ3) is 2.93. The van der Waals surface area contributed by atoms with E-state index in [4.69, 9.17) is 5.73 Å². The van der Waals surface area contributed by atoms with Gasteiger partial charge in [-0.2, -0.15) is 0 Å². The smallest absolute Gasteiger partial charge is 0.194 e. The van der Waals surface area contributed by atoms with Crippen LogP contribution in [0.15, 0.2) is 22.4 Å². The van der Waals surface area contributed by atoms with Gasteiger partial charge in [-0.05, 0) is 56.7 Å². The van der Waals surface area contributed by atoms with E-state index in [0.29, 0.717) is 6.54 Å². The lowest BCUT2D eigenvalue weighted by atomic mass is 10.2. The number of hydrogen-bond donors (Lipinski definition) is 1. The van der Waals surface area contributed by atoms with Crippen LogP contribution in [0.1, 0.15) is 28.1 Å². The number of rotatable bonds is 3. The fourth-order valence-corrected chi connectivity index (χ4v) is 2.79. The fourth-order valence-electron chi connectivity index (χ4n) is 1.77. The van der Waals surface area contributed by atoms with E-state index in [-0.39, 0.29) is 0 Å². The fraction of sp³-hybridized carbons (Fsp3) is 0.357. The van der Waals surface area contributed by atoms with Gasteiger partial charge in [-0.15, -0.1) is 0 Å². The Labute approximate surface area is 117 Å². The van der Waals surface area contributed by atoms with Gasteiger partial charge in [0.15, 0.2) is 5.16 Å². The Kier molecular flexibility index (Phi) is 4.17. The van der Waals surface area contributed by atoms with Gasteiger partial charge in [0, 0.05) is 29.7 Å². The maximum atomic E-state index is 5.79. The molecule has 4 nitrogen and oxygen atoms in total. The van der Waals surface area contributed by atoms with Crippen molar-refractivity contribution in [2.24, 2.45) is 5.73 Å². The Morgan fingerprint density at radius 2 is 1.74 bits per heavy atom. The first-order valence-electron chi connectivity index (χ1n) is 6.17. The number of aromatic nitrogens is 3. The van der Waals surface area contributed by atoms with Crippen LogP contribution in [0, 0.1) is 27.7 Å². The van der Waals surface area contributed by atoms with Crippen LogP contribution in [0.25, 0.3) is 0 Å². The Bertz CT molecular complexity index is 587. The highest BCUT2D eigenvalue weighted by Crippen LogP contribution is 2.28. The maximum Gasteiger partial charge on any atom is 0.194 e. The van der Waals surface area contributed by atoms with Gasteiger partial charge in [0.25, 0.3) is 0 Å². The summed E-state index contributed by atoms with van der Waals surface area (Å²) in [5, 5.41) is 1.62. The summed E-state index contributed by atoms with van der Waals surface area (Å²) < 4.78 is 0. The molecule has 5 heteroatoms. The number of nitrogens with zero attached hydrogens (tertiary/aromatic N) is 3. The van der Waals surface area contributed by atoms with Crippen LogP contribution in [0.3, 0.4) is 0 Å². The average molecular weight is 274 g/mol. The van der Waals surface area contributed by atoms with Crippen LogP contribution >= 0.6 is 11.8 Å². The van der Waals surface area contributed by atoms with Crippen LogP contribution in [0.2, 0.25) is 0 Å². The molecule has 0 aliphatic heterocycles. The highest BCUT2D eigenvalue weighted by molar-refractivity contribution is 7.99. The third-order valence-electron chi connectivity index (χ3n) is 3.25. The molecule has 0 saturated carbocycles. The molecule has 2 N–H and O–H groups in total. The Hall–Kier alpha value is -1.46. The monoisotopic (exact) mass is 274 g/mol. The second kappa shape index (κ2) is 5.67. The maximum absolute atomic E-state index is 5.79. The molecule has 100 valence electrons. The van der Waals surface area contributed by atoms with Gasteiger partial charge < -0.3 is 5.73 Å². The topological polar surface area (TPSA) is 64.7 Å². The summed E-state index contributed by atoms with van der Waals surface area (Å²) in [6.07, 6.45) is 1.80. The van der Waals surface area contributed by atoms with E-state index in [0.717, 1.165) is 38.3 Å². The molecule has 0 bridgehead atoms. The summed E-state index contributed by atoms with van der Waals surface area (Å²) in [7, 11) is 0. The molecule has 0 atom stereocenters. The van der Waals surface area contributed by atoms with Crippen LogP contribution in [0.4, 0.5) is 0 Å². The highest BCUT2D eigenvalue weighted by Gasteiger charge is 2.11. The van der Waals surface area contributed by atoms with E-state index < -0.39 is 0 Å². The molecule has 0 aliphatic rings. The van der Waals surface area contributed by atoms with Crippen molar-refractivity contribution < 1.29 is 0 Å². The largest absolute Gasteiger partial charge is 0.326 e. The molecule has 0 unspecified atom stereocenters. The zero-order valence-electron chi connectivity index (χ0n) is 11.7. The normalized spacial score (nSPS) is 10.8. The van der Waals surface area contributed by atoms with E-state index in [1.54, 1.807) is 6.20 Å². The molecule has 0 fully saturated rings. The quantitative estimate of drug-likeness (QED) is 0.872. The summed E-state index contributed by atoms with van der Waals surface area (Å²) in [5.74, 6) is 0. The van der Waals surface area contributed by atoms with Gasteiger partial charge in [-0.1, -0.05) is 0 Å². The molecule has 2 aromatic heterocycles. The second-order valence-corrected chi connectivity index (χ2v) is 5.48. The van der Waals surface area contributed by atoms with E-state index >= 15 is 0 Å². The number of pyridine rings is 1. The summed E-state index contributed by atoms with van der Waals surface area (Å²) in [4.78, 5) is 13.4. The van der Waals surface area contributed by atoms with E-state index in [9.17, 15) is 0 Å². The Morgan fingerprint density at radius 3 is 2.32 bits per heavy atom. The van der Waals surface area contributed by atoms with Crippen molar-refractivity contribution in [3.8, 4) is 0 Å². The molecule has 0 amide bonds. The van der Waals surface area contributed by atoms with Crippen molar-refractivity contribution in [1.82, 2.24) is 15.0 Å². The van der Waals surface area contributed by atoms with Gasteiger partial charge in [0.05, 0.1) is 0 Å². The van der Waals surface area contributed by atoms with Gasteiger partial charge >= 0.3 is 0 Å². The van der Waals surface area contributed by atoms with Crippen LogP contribution in [0.5, 0.6) is 0 Å². The first kappa shape index (κ1) is 14.0. The standard InChI is InChI=1S/C14H18N4S/c1-8-5-6-16-13(12(8)7-15)19-14-17-10(3)9(2)11(4)18-14/h5-6H,7,15H2,1-4H3. The van der Waals surface area contributed by atoms with E-state index in [1.165, 1.54) is 11.8 Å². The summed E-state index contributed by atoms with van der Waals surface area (Å²) in [6, 6.07) is 1.97. The van der Waals surface area contributed by atoms with E-state index in [2.05, 4.69) is 15.0 Å². The van der Waals surface area contributed by atoms with Crippen molar-refractivity contribution in [1.29, 1.82) is 0 Å². The number of aryl methyl sites for hydroxylation is 3. The summed E-state index contributed by atoms with van der Waals surface area (Å²) in [6.45, 7) is 8.56. The highest BCUT2D eigenvalue weighted by atomic mass is 32.2. The molecule has 19 heavy (non-hydrogen) atoms. The first-order chi connectivity index (χ1) is 9.02. The van der Waals surface area contributed by atoms with Crippen molar-refractivity contribution in [2.45, 2.75) is 44.4 Å². The minimum atomic E-state index is 0.478. The lowest BCUT2D eigenvalue weighted by Crippen LogP contribution is -2.04. The van der Waals surface area contributed by atoms with Crippen molar-refractivity contribution in [3.63, 3.8) is 0 Å². The van der Waals surface area contributed by atoms with Crippen LogP contribution < -0.4 is 5.73 Å². The van der Waals surface area contributed by atoms with Crippen molar-refractivity contribution >= 4 is 11.8 Å². The Morgan fingerprint density at radius 1 is 1.11 bits per heavy atom. The molecule has 2 aromatic rings. The molecule has 0 radical (unpaired) electrons. The van der Waals surface area contributed by atoms with Gasteiger partial charge in [0.1, 0.15) is 5.03 Å². The zero-order valence-corrected chi connectivity index (χ0v) is 12.5. The molecule has 2 heterocycles. The molecular weight excluding hydrogens is 256 g/mol.